The quantitative estimate of drug-likeness (QED) is 0.739. The number of ketones is 1. The first-order chi connectivity index (χ1) is 7.25. The van der Waals surface area contributed by atoms with Crippen molar-refractivity contribution in [2.75, 3.05) is 0 Å². The molecule has 1 saturated carbocycles. The Kier molecular flexibility index (Phi) is 3.14. The fourth-order valence-electron chi connectivity index (χ4n) is 2.33. The summed E-state index contributed by atoms with van der Waals surface area (Å²) >= 11 is 0. The maximum atomic E-state index is 11.7. The van der Waals surface area contributed by atoms with Crippen molar-refractivity contribution >= 4 is 5.78 Å². The fraction of sp³-hybridized carbons (Fsp3) is 0.538. The summed E-state index contributed by atoms with van der Waals surface area (Å²) in [5.41, 5.74) is 1.23. The highest BCUT2D eigenvalue weighted by molar-refractivity contribution is 5.82. The lowest BCUT2D eigenvalue weighted by Crippen LogP contribution is -2.25. The van der Waals surface area contributed by atoms with Gasteiger partial charge in [-0.15, -0.1) is 0 Å². The monoisotopic (exact) mass is 203 g/mol. The smallest absolute Gasteiger partial charge is 0.136 e. The van der Waals surface area contributed by atoms with Gasteiger partial charge in [0.15, 0.2) is 0 Å². The average molecular weight is 203 g/mol. The van der Waals surface area contributed by atoms with E-state index in [0.29, 0.717) is 11.7 Å². The number of aromatic nitrogens is 1. The molecule has 1 aliphatic rings. The van der Waals surface area contributed by atoms with Crippen molar-refractivity contribution in [2.45, 2.75) is 32.6 Å². The molecule has 0 bridgehead atoms. The van der Waals surface area contributed by atoms with Gasteiger partial charge in [-0.2, -0.15) is 0 Å². The molecule has 0 saturated heterocycles. The molecule has 80 valence electrons. The lowest BCUT2D eigenvalue weighted by Gasteiger charge is -2.25. The molecule has 0 aliphatic heterocycles. The van der Waals surface area contributed by atoms with E-state index >= 15 is 0 Å². The van der Waals surface area contributed by atoms with Crippen LogP contribution >= 0.6 is 0 Å². The van der Waals surface area contributed by atoms with Crippen LogP contribution in [0.4, 0.5) is 0 Å². The van der Waals surface area contributed by atoms with Crippen molar-refractivity contribution in [3.63, 3.8) is 0 Å². The van der Waals surface area contributed by atoms with E-state index in [1.165, 1.54) is 5.56 Å². The second-order valence-electron chi connectivity index (χ2n) is 4.60. The van der Waals surface area contributed by atoms with Crippen LogP contribution in [0.1, 0.15) is 31.7 Å². The second-order valence-corrected chi connectivity index (χ2v) is 4.60. The van der Waals surface area contributed by atoms with Gasteiger partial charge in [0, 0.05) is 24.7 Å². The first-order valence-electron chi connectivity index (χ1n) is 5.67. The number of rotatable bonds is 2. The summed E-state index contributed by atoms with van der Waals surface area (Å²) in [5.74, 6) is 1.40. The minimum Gasteiger partial charge on any atom is -0.299 e. The van der Waals surface area contributed by atoms with Gasteiger partial charge >= 0.3 is 0 Å². The summed E-state index contributed by atoms with van der Waals surface area (Å²) < 4.78 is 0. The van der Waals surface area contributed by atoms with Crippen molar-refractivity contribution in [1.29, 1.82) is 0 Å². The number of nitrogens with zero attached hydrogens (tertiary/aromatic N) is 1. The van der Waals surface area contributed by atoms with Crippen LogP contribution in [0, 0.1) is 11.8 Å². The first kappa shape index (κ1) is 10.3. The number of hydrogen-bond acceptors (Lipinski definition) is 2. The number of pyridine rings is 1. The number of hydrogen-bond donors (Lipinski definition) is 0. The molecule has 0 radical (unpaired) electrons. The fourth-order valence-corrected chi connectivity index (χ4v) is 2.33. The maximum absolute atomic E-state index is 11.7. The first-order valence-corrected chi connectivity index (χ1v) is 5.67. The van der Waals surface area contributed by atoms with Gasteiger partial charge in [-0.25, -0.2) is 0 Å². The Morgan fingerprint density at radius 3 is 2.87 bits per heavy atom. The molecule has 2 heteroatoms. The average Bonchev–Trinajstić information content (AvgIpc) is 2.25. The molecule has 0 amide bonds. The largest absolute Gasteiger partial charge is 0.299 e. The zero-order valence-electron chi connectivity index (χ0n) is 9.15. The molecule has 1 aromatic heterocycles. The minimum atomic E-state index is 0.246. The van der Waals surface area contributed by atoms with Gasteiger partial charge in [0.2, 0.25) is 0 Å². The summed E-state index contributed by atoms with van der Waals surface area (Å²) in [5, 5.41) is 0. The van der Waals surface area contributed by atoms with Crippen molar-refractivity contribution in [3.05, 3.63) is 30.1 Å². The molecule has 1 fully saturated rings. The van der Waals surface area contributed by atoms with Gasteiger partial charge in [-0.1, -0.05) is 6.92 Å². The third kappa shape index (κ3) is 2.65. The molecule has 0 spiro atoms. The van der Waals surface area contributed by atoms with Crippen LogP contribution in [-0.2, 0) is 11.2 Å². The van der Waals surface area contributed by atoms with Crippen LogP contribution < -0.4 is 0 Å². The molecule has 1 aromatic rings. The van der Waals surface area contributed by atoms with Gasteiger partial charge in [-0.05, 0) is 42.9 Å². The molecular formula is C13H17NO. The topological polar surface area (TPSA) is 30.0 Å². The molecule has 1 heterocycles. The van der Waals surface area contributed by atoms with Crippen LogP contribution in [0.3, 0.4) is 0 Å². The zero-order valence-corrected chi connectivity index (χ0v) is 9.15. The van der Waals surface area contributed by atoms with Crippen molar-refractivity contribution in [2.24, 2.45) is 11.8 Å². The van der Waals surface area contributed by atoms with E-state index in [9.17, 15) is 4.79 Å². The predicted molar refractivity (Wildman–Crippen MR) is 59.5 cm³/mol. The summed E-state index contributed by atoms with van der Waals surface area (Å²) in [7, 11) is 0. The van der Waals surface area contributed by atoms with E-state index in [4.69, 9.17) is 0 Å². The van der Waals surface area contributed by atoms with Gasteiger partial charge in [-0.3, -0.25) is 9.78 Å². The molecule has 2 rings (SSSR count). The van der Waals surface area contributed by atoms with E-state index in [2.05, 4.69) is 11.9 Å². The Hall–Kier alpha value is -1.18. The summed E-state index contributed by atoms with van der Waals surface area (Å²) in [6, 6.07) is 4.01. The standard InChI is InChI=1S/C13H17NO/c1-10-2-3-13(15)12(8-10)9-11-4-6-14-7-5-11/h4-7,10,12H,2-3,8-9H2,1H3/t10-,12-/m0/s1. The SMILES string of the molecule is C[C@H]1CCC(=O)[C@H](Cc2ccncc2)C1. The molecule has 2 nitrogen and oxygen atoms in total. The van der Waals surface area contributed by atoms with Crippen LogP contribution in [0.2, 0.25) is 0 Å². The van der Waals surface area contributed by atoms with Gasteiger partial charge in [0.05, 0.1) is 0 Å². The zero-order chi connectivity index (χ0) is 10.7. The third-order valence-corrected chi connectivity index (χ3v) is 3.26. The van der Waals surface area contributed by atoms with E-state index in [1.54, 1.807) is 12.4 Å². The van der Waals surface area contributed by atoms with E-state index in [0.717, 1.165) is 25.7 Å². The summed E-state index contributed by atoms with van der Waals surface area (Å²) in [6.07, 6.45) is 7.40. The number of Topliss-reactive ketones (excluding diaryl/α,β-unsaturated/α-hetero) is 1. The molecular weight excluding hydrogens is 186 g/mol. The van der Waals surface area contributed by atoms with E-state index in [1.807, 2.05) is 12.1 Å². The highest BCUT2D eigenvalue weighted by Gasteiger charge is 2.26. The Morgan fingerprint density at radius 2 is 2.13 bits per heavy atom. The summed E-state index contributed by atoms with van der Waals surface area (Å²) in [4.78, 5) is 15.7. The highest BCUT2D eigenvalue weighted by atomic mass is 16.1. The molecule has 1 aliphatic carbocycles. The molecule has 0 aromatic carbocycles. The summed E-state index contributed by atoms with van der Waals surface area (Å²) in [6.45, 7) is 2.24. The van der Waals surface area contributed by atoms with Crippen LogP contribution in [0.15, 0.2) is 24.5 Å². The minimum absolute atomic E-state index is 0.246. The molecule has 15 heavy (non-hydrogen) atoms. The number of carbonyl (C=O) groups is 1. The normalized spacial score (nSPS) is 26.6. The van der Waals surface area contributed by atoms with Crippen LogP contribution in [-0.4, -0.2) is 10.8 Å². The predicted octanol–water partition coefficient (Wildman–Crippen LogP) is 2.63. The van der Waals surface area contributed by atoms with Gasteiger partial charge < -0.3 is 0 Å². The van der Waals surface area contributed by atoms with E-state index in [-0.39, 0.29) is 5.92 Å². The van der Waals surface area contributed by atoms with E-state index < -0.39 is 0 Å². The van der Waals surface area contributed by atoms with Gasteiger partial charge in [0.1, 0.15) is 5.78 Å². The molecule has 2 atom stereocenters. The lowest BCUT2D eigenvalue weighted by molar-refractivity contribution is -0.125. The van der Waals surface area contributed by atoms with Crippen LogP contribution in [0.25, 0.3) is 0 Å². The maximum Gasteiger partial charge on any atom is 0.136 e. The van der Waals surface area contributed by atoms with Crippen LogP contribution in [0.5, 0.6) is 0 Å². The van der Waals surface area contributed by atoms with Crippen molar-refractivity contribution in [1.82, 2.24) is 4.98 Å². The Bertz CT molecular complexity index is 334. The number of carbonyl (C=O) groups excluding carboxylic acids is 1. The highest BCUT2D eigenvalue weighted by Crippen LogP contribution is 2.28. The van der Waals surface area contributed by atoms with Gasteiger partial charge in [0.25, 0.3) is 0 Å². The second kappa shape index (κ2) is 4.56. The lowest BCUT2D eigenvalue weighted by atomic mass is 9.79. The Morgan fingerprint density at radius 1 is 1.40 bits per heavy atom. The molecule has 0 N–H and O–H groups in total. The third-order valence-electron chi connectivity index (χ3n) is 3.26. The Labute approximate surface area is 90.7 Å². The van der Waals surface area contributed by atoms with Crippen molar-refractivity contribution < 1.29 is 4.79 Å². The molecule has 0 unspecified atom stereocenters. The van der Waals surface area contributed by atoms with Crippen molar-refractivity contribution in [3.8, 4) is 0 Å². The Balaban J connectivity index is 2.01.